The fraction of sp³-hybridized carbons (Fsp3) is 0.625. The molecule has 2 unspecified atom stereocenters. The predicted octanol–water partition coefficient (Wildman–Crippen LogP) is 4.31. The number of methoxy groups -OCH3 is 1. The SMILES string of the molecule is CCCCC(CC)NC(C)c1ccc(OC)cc1. The second-order valence-electron chi connectivity index (χ2n) is 4.91. The van der Waals surface area contributed by atoms with Crippen LogP contribution >= 0.6 is 0 Å². The summed E-state index contributed by atoms with van der Waals surface area (Å²) in [7, 11) is 1.70. The summed E-state index contributed by atoms with van der Waals surface area (Å²) in [5, 5.41) is 3.71. The highest BCUT2D eigenvalue weighted by atomic mass is 16.5. The fourth-order valence-corrected chi connectivity index (χ4v) is 2.20. The van der Waals surface area contributed by atoms with Crippen LogP contribution in [0.2, 0.25) is 0 Å². The molecule has 0 aliphatic rings. The zero-order chi connectivity index (χ0) is 13.4. The third-order valence-electron chi connectivity index (χ3n) is 3.50. The van der Waals surface area contributed by atoms with Gasteiger partial charge in [-0.15, -0.1) is 0 Å². The van der Waals surface area contributed by atoms with E-state index in [9.17, 15) is 0 Å². The lowest BCUT2D eigenvalue weighted by Crippen LogP contribution is -2.30. The van der Waals surface area contributed by atoms with Gasteiger partial charge in [0.2, 0.25) is 0 Å². The molecule has 1 aromatic carbocycles. The van der Waals surface area contributed by atoms with E-state index < -0.39 is 0 Å². The largest absolute Gasteiger partial charge is 0.497 e. The first-order valence-electron chi connectivity index (χ1n) is 7.11. The number of ether oxygens (including phenoxy) is 1. The molecule has 2 atom stereocenters. The number of hydrogen-bond acceptors (Lipinski definition) is 2. The Hall–Kier alpha value is -1.02. The number of nitrogens with one attached hydrogen (secondary N) is 1. The van der Waals surface area contributed by atoms with Gasteiger partial charge in [0, 0.05) is 12.1 Å². The molecule has 2 nitrogen and oxygen atoms in total. The maximum atomic E-state index is 5.18. The van der Waals surface area contributed by atoms with E-state index in [1.165, 1.54) is 31.2 Å². The second kappa shape index (κ2) is 8.15. The van der Waals surface area contributed by atoms with Gasteiger partial charge in [-0.3, -0.25) is 0 Å². The zero-order valence-corrected chi connectivity index (χ0v) is 12.2. The van der Waals surface area contributed by atoms with Gasteiger partial charge in [0.15, 0.2) is 0 Å². The quantitative estimate of drug-likeness (QED) is 0.741. The summed E-state index contributed by atoms with van der Waals surface area (Å²) in [6.45, 7) is 6.74. The molecule has 1 rings (SSSR count). The topological polar surface area (TPSA) is 21.3 Å². The van der Waals surface area contributed by atoms with Crippen LogP contribution in [-0.2, 0) is 0 Å². The van der Waals surface area contributed by atoms with Crippen LogP contribution < -0.4 is 10.1 Å². The standard InChI is InChI=1S/C16H27NO/c1-5-7-8-15(6-2)17-13(3)14-9-11-16(18-4)12-10-14/h9-13,15,17H,5-8H2,1-4H3. The molecule has 0 aliphatic heterocycles. The molecule has 0 radical (unpaired) electrons. The molecule has 18 heavy (non-hydrogen) atoms. The number of rotatable bonds is 8. The molecule has 0 heterocycles. The summed E-state index contributed by atoms with van der Waals surface area (Å²) < 4.78 is 5.18. The normalized spacial score (nSPS) is 14.2. The van der Waals surface area contributed by atoms with Crippen LogP contribution in [0.3, 0.4) is 0 Å². The van der Waals surface area contributed by atoms with Crippen molar-refractivity contribution in [2.75, 3.05) is 7.11 Å². The second-order valence-corrected chi connectivity index (χ2v) is 4.91. The van der Waals surface area contributed by atoms with Crippen molar-refractivity contribution in [2.24, 2.45) is 0 Å². The van der Waals surface area contributed by atoms with Crippen LogP contribution in [0.25, 0.3) is 0 Å². The molecule has 0 saturated heterocycles. The van der Waals surface area contributed by atoms with Crippen LogP contribution in [0.5, 0.6) is 5.75 Å². The lowest BCUT2D eigenvalue weighted by molar-refractivity contribution is 0.406. The van der Waals surface area contributed by atoms with Crippen LogP contribution in [0.1, 0.15) is 58.1 Å². The van der Waals surface area contributed by atoms with Gasteiger partial charge >= 0.3 is 0 Å². The molecule has 0 bridgehead atoms. The highest BCUT2D eigenvalue weighted by molar-refractivity contribution is 5.28. The Balaban J connectivity index is 2.53. The molecule has 1 N–H and O–H groups in total. The van der Waals surface area contributed by atoms with Crippen molar-refractivity contribution in [3.05, 3.63) is 29.8 Å². The van der Waals surface area contributed by atoms with Gasteiger partial charge in [-0.2, -0.15) is 0 Å². The first-order valence-corrected chi connectivity index (χ1v) is 7.11. The Morgan fingerprint density at radius 2 is 1.83 bits per heavy atom. The van der Waals surface area contributed by atoms with E-state index in [4.69, 9.17) is 4.74 Å². The van der Waals surface area contributed by atoms with Gasteiger partial charge in [-0.05, 0) is 37.5 Å². The summed E-state index contributed by atoms with van der Waals surface area (Å²) in [6, 6.07) is 9.37. The first kappa shape index (κ1) is 15.0. The highest BCUT2D eigenvalue weighted by Gasteiger charge is 2.11. The molecule has 0 aliphatic carbocycles. The van der Waals surface area contributed by atoms with Gasteiger partial charge in [-0.1, -0.05) is 38.8 Å². The fourth-order valence-electron chi connectivity index (χ4n) is 2.20. The molecule has 102 valence electrons. The monoisotopic (exact) mass is 249 g/mol. The van der Waals surface area contributed by atoms with Gasteiger partial charge in [0.1, 0.15) is 5.75 Å². The van der Waals surface area contributed by atoms with Crippen molar-refractivity contribution in [3.63, 3.8) is 0 Å². The van der Waals surface area contributed by atoms with E-state index in [1.54, 1.807) is 7.11 Å². The molecule has 0 fully saturated rings. The number of unbranched alkanes of at least 4 members (excludes halogenated alkanes) is 1. The molecule has 0 aromatic heterocycles. The van der Waals surface area contributed by atoms with Gasteiger partial charge in [-0.25, -0.2) is 0 Å². The van der Waals surface area contributed by atoms with E-state index in [0.717, 1.165) is 5.75 Å². The van der Waals surface area contributed by atoms with E-state index in [2.05, 4.69) is 38.2 Å². The van der Waals surface area contributed by atoms with E-state index in [0.29, 0.717) is 12.1 Å². The highest BCUT2D eigenvalue weighted by Crippen LogP contribution is 2.19. The maximum Gasteiger partial charge on any atom is 0.118 e. The lowest BCUT2D eigenvalue weighted by atomic mass is 10.0. The Labute approximate surface area is 112 Å². The maximum absolute atomic E-state index is 5.18. The summed E-state index contributed by atoms with van der Waals surface area (Å²) in [6.07, 6.45) is 5.05. The molecule has 0 saturated carbocycles. The van der Waals surface area contributed by atoms with Crippen molar-refractivity contribution in [1.82, 2.24) is 5.32 Å². The Morgan fingerprint density at radius 3 is 2.33 bits per heavy atom. The molecule has 0 spiro atoms. The third-order valence-corrected chi connectivity index (χ3v) is 3.50. The van der Waals surface area contributed by atoms with E-state index in [1.807, 2.05) is 12.1 Å². The van der Waals surface area contributed by atoms with Crippen molar-refractivity contribution in [3.8, 4) is 5.75 Å². The smallest absolute Gasteiger partial charge is 0.118 e. The van der Waals surface area contributed by atoms with Gasteiger partial charge in [0.05, 0.1) is 7.11 Å². The van der Waals surface area contributed by atoms with E-state index in [-0.39, 0.29) is 0 Å². The minimum atomic E-state index is 0.401. The number of benzene rings is 1. The predicted molar refractivity (Wildman–Crippen MR) is 78.1 cm³/mol. The van der Waals surface area contributed by atoms with Gasteiger partial charge in [0.25, 0.3) is 0 Å². The minimum Gasteiger partial charge on any atom is -0.497 e. The average molecular weight is 249 g/mol. The van der Waals surface area contributed by atoms with Gasteiger partial charge < -0.3 is 10.1 Å². The Bertz CT molecular complexity index is 320. The van der Waals surface area contributed by atoms with Crippen LogP contribution in [-0.4, -0.2) is 13.2 Å². The summed E-state index contributed by atoms with van der Waals surface area (Å²) in [5.41, 5.74) is 1.32. The minimum absolute atomic E-state index is 0.401. The molecule has 2 heteroatoms. The molecular formula is C16H27NO. The Kier molecular flexibility index (Phi) is 6.81. The number of hydrogen-bond donors (Lipinski definition) is 1. The molecule has 0 amide bonds. The van der Waals surface area contributed by atoms with Crippen molar-refractivity contribution >= 4 is 0 Å². The van der Waals surface area contributed by atoms with Crippen molar-refractivity contribution in [1.29, 1.82) is 0 Å². The van der Waals surface area contributed by atoms with Crippen molar-refractivity contribution in [2.45, 2.75) is 58.5 Å². The van der Waals surface area contributed by atoms with Crippen molar-refractivity contribution < 1.29 is 4.74 Å². The van der Waals surface area contributed by atoms with Crippen LogP contribution in [0, 0.1) is 0 Å². The third kappa shape index (κ3) is 4.69. The summed E-state index contributed by atoms with van der Waals surface area (Å²) in [5.74, 6) is 0.920. The van der Waals surface area contributed by atoms with E-state index >= 15 is 0 Å². The summed E-state index contributed by atoms with van der Waals surface area (Å²) in [4.78, 5) is 0. The van der Waals surface area contributed by atoms with Crippen LogP contribution in [0.4, 0.5) is 0 Å². The molecular weight excluding hydrogens is 222 g/mol. The summed E-state index contributed by atoms with van der Waals surface area (Å²) >= 11 is 0. The zero-order valence-electron chi connectivity index (χ0n) is 12.2. The first-order chi connectivity index (χ1) is 8.71. The average Bonchev–Trinajstić information content (AvgIpc) is 2.43. The Morgan fingerprint density at radius 1 is 1.17 bits per heavy atom. The molecule has 1 aromatic rings. The van der Waals surface area contributed by atoms with Crippen LogP contribution in [0.15, 0.2) is 24.3 Å². The lowest BCUT2D eigenvalue weighted by Gasteiger charge is -2.22.